The molecule has 0 saturated heterocycles. The molecule has 7 heteroatoms. The number of hydrogen-bond donors (Lipinski definition) is 2. The third-order valence-corrected chi connectivity index (χ3v) is 2.07. The lowest BCUT2D eigenvalue weighted by Crippen LogP contribution is -2.37. The molecule has 1 aromatic rings. The molecule has 1 aromatic carbocycles. The molecule has 2 nitrogen and oxygen atoms in total. The Morgan fingerprint density at radius 1 is 1.19 bits per heavy atom. The summed E-state index contributed by atoms with van der Waals surface area (Å²) in [5.74, 6) is -8.96. The predicted molar refractivity (Wildman–Crippen MR) is 45.3 cm³/mol. The lowest BCUT2D eigenvalue weighted by Gasteiger charge is -2.22. The summed E-state index contributed by atoms with van der Waals surface area (Å²) >= 11 is 0. The van der Waals surface area contributed by atoms with Gasteiger partial charge in [0.1, 0.15) is 6.61 Å². The molecule has 0 aliphatic carbocycles. The molecule has 0 radical (unpaired) electrons. The summed E-state index contributed by atoms with van der Waals surface area (Å²) in [5.41, 5.74) is 4.07. The second-order valence-electron chi connectivity index (χ2n) is 3.16. The van der Waals surface area contributed by atoms with Crippen LogP contribution in [0.4, 0.5) is 22.0 Å². The highest BCUT2D eigenvalue weighted by Crippen LogP contribution is 2.31. The minimum Gasteiger partial charge on any atom is -0.390 e. The molecule has 3 N–H and O–H groups in total. The first kappa shape index (κ1) is 12.9. The maximum atomic E-state index is 13.1. The summed E-state index contributed by atoms with van der Waals surface area (Å²) in [6.07, 6.45) is 0. The second-order valence-corrected chi connectivity index (χ2v) is 3.16. The Morgan fingerprint density at radius 2 is 1.75 bits per heavy atom. The van der Waals surface area contributed by atoms with E-state index in [-0.39, 0.29) is 0 Å². The first-order chi connectivity index (χ1) is 7.31. The average molecular weight is 241 g/mol. The summed E-state index contributed by atoms with van der Waals surface area (Å²) in [6.45, 7) is -1.62. The van der Waals surface area contributed by atoms with E-state index in [4.69, 9.17) is 10.8 Å². The topological polar surface area (TPSA) is 46.2 Å². The largest absolute Gasteiger partial charge is 0.390 e. The first-order valence-corrected chi connectivity index (χ1v) is 4.19. The third-order valence-electron chi connectivity index (χ3n) is 2.07. The Bertz CT molecular complexity index is 396. The standard InChI is InChI=1S/C9H8F5NO/c10-5-2-1-4(6(11)7(5)12)8(15)9(13,14)3-16/h1-2,8,16H,3,15H2/t8-/m1/s1. The van der Waals surface area contributed by atoms with Crippen molar-refractivity contribution in [3.63, 3.8) is 0 Å². The second kappa shape index (κ2) is 4.34. The summed E-state index contributed by atoms with van der Waals surface area (Å²) in [5, 5.41) is 8.32. The van der Waals surface area contributed by atoms with Gasteiger partial charge in [0.25, 0.3) is 5.92 Å². The summed E-state index contributed by atoms with van der Waals surface area (Å²) in [6, 6.07) is -1.14. The summed E-state index contributed by atoms with van der Waals surface area (Å²) < 4.78 is 64.1. The molecule has 0 unspecified atom stereocenters. The predicted octanol–water partition coefficient (Wildman–Crippen LogP) is 1.73. The molecule has 0 amide bonds. The fourth-order valence-corrected chi connectivity index (χ4v) is 1.11. The number of rotatable bonds is 3. The lowest BCUT2D eigenvalue weighted by atomic mass is 10.0. The Labute approximate surface area is 87.5 Å². The number of benzene rings is 1. The number of alkyl halides is 2. The van der Waals surface area contributed by atoms with Crippen LogP contribution in [0.3, 0.4) is 0 Å². The summed E-state index contributed by atoms with van der Waals surface area (Å²) in [7, 11) is 0. The van der Waals surface area contributed by atoms with E-state index in [0.717, 1.165) is 0 Å². The van der Waals surface area contributed by atoms with Crippen LogP contribution in [0.1, 0.15) is 11.6 Å². The van der Waals surface area contributed by atoms with Gasteiger partial charge in [-0.1, -0.05) is 6.07 Å². The first-order valence-electron chi connectivity index (χ1n) is 4.19. The van der Waals surface area contributed by atoms with E-state index >= 15 is 0 Å². The number of hydrogen-bond acceptors (Lipinski definition) is 2. The van der Waals surface area contributed by atoms with Gasteiger partial charge in [0, 0.05) is 5.56 Å². The van der Waals surface area contributed by atoms with Gasteiger partial charge < -0.3 is 10.8 Å². The minimum absolute atomic E-state index is 0.487. The van der Waals surface area contributed by atoms with Gasteiger partial charge in [0.2, 0.25) is 0 Å². The van der Waals surface area contributed by atoms with E-state index in [9.17, 15) is 22.0 Å². The van der Waals surface area contributed by atoms with Crippen LogP contribution in [0.2, 0.25) is 0 Å². The third kappa shape index (κ3) is 2.14. The van der Waals surface area contributed by atoms with Gasteiger partial charge in [-0.05, 0) is 6.07 Å². The van der Waals surface area contributed by atoms with Crippen LogP contribution in [-0.4, -0.2) is 17.6 Å². The quantitative estimate of drug-likeness (QED) is 0.625. The molecule has 1 atom stereocenters. The van der Waals surface area contributed by atoms with Gasteiger partial charge in [-0.2, -0.15) is 0 Å². The average Bonchev–Trinajstić information content (AvgIpc) is 2.25. The molecule has 0 heterocycles. The highest BCUT2D eigenvalue weighted by molar-refractivity contribution is 5.25. The maximum absolute atomic E-state index is 13.1. The zero-order chi connectivity index (χ0) is 12.5. The van der Waals surface area contributed by atoms with Gasteiger partial charge in [-0.25, -0.2) is 22.0 Å². The van der Waals surface area contributed by atoms with Crippen molar-refractivity contribution in [3.8, 4) is 0 Å². The van der Waals surface area contributed by atoms with E-state index < -0.39 is 41.6 Å². The number of aliphatic hydroxyl groups is 1. The minimum atomic E-state index is -3.81. The molecule has 1 rings (SSSR count). The molecular weight excluding hydrogens is 233 g/mol. The van der Waals surface area contributed by atoms with Crippen molar-refractivity contribution in [1.29, 1.82) is 0 Å². The van der Waals surface area contributed by atoms with Crippen molar-refractivity contribution in [3.05, 3.63) is 35.1 Å². The molecule has 0 bridgehead atoms. The van der Waals surface area contributed by atoms with E-state index in [2.05, 4.69) is 0 Å². The van der Waals surface area contributed by atoms with Crippen molar-refractivity contribution in [2.75, 3.05) is 6.61 Å². The number of nitrogens with two attached hydrogens (primary N) is 1. The van der Waals surface area contributed by atoms with E-state index in [1.165, 1.54) is 0 Å². The molecule has 90 valence electrons. The van der Waals surface area contributed by atoms with Crippen molar-refractivity contribution in [2.45, 2.75) is 12.0 Å². The molecule has 16 heavy (non-hydrogen) atoms. The van der Waals surface area contributed by atoms with Crippen LogP contribution < -0.4 is 5.73 Å². The molecule has 0 fully saturated rings. The molecule has 0 aromatic heterocycles. The molecule has 0 aliphatic rings. The van der Waals surface area contributed by atoms with Gasteiger partial charge >= 0.3 is 0 Å². The fraction of sp³-hybridized carbons (Fsp3) is 0.333. The van der Waals surface area contributed by atoms with Crippen molar-refractivity contribution in [2.24, 2.45) is 5.73 Å². The van der Waals surface area contributed by atoms with E-state index in [1.807, 2.05) is 0 Å². The number of halogens is 5. The van der Waals surface area contributed by atoms with Crippen LogP contribution in [0.25, 0.3) is 0 Å². The van der Waals surface area contributed by atoms with Gasteiger partial charge in [-0.15, -0.1) is 0 Å². The normalized spacial score (nSPS) is 13.9. The van der Waals surface area contributed by atoms with Gasteiger partial charge in [0.15, 0.2) is 17.5 Å². The number of aliphatic hydroxyl groups excluding tert-OH is 1. The van der Waals surface area contributed by atoms with Crippen LogP contribution in [0, 0.1) is 17.5 Å². The molecule has 0 spiro atoms. The lowest BCUT2D eigenvalue weighted by molar-refractivity contribution is -0.0720. The highest BCUT2D eigenvalue weighted by atomic mass is 19.3. The molecule has 0 aliphatic heterocycles. The Kier molecular flexibility index (Phi) is 3.49. The zero-order valence-electron chi connectivity index (χ0n) is 7.85. The Balaban J connectivity index is 3.20. The fourth-order valence-electron chi connectivity index (χ4n) is 1.11. The Hall–Kier alpha value is -1.21. The monoisotopic (exact) mass is 241 g/mol. The highest BCUT2D eigenvalue weighted by Gasteiger charge is 2.39. The van der Waals surface area contributed by atoms with E-state index in [1.54, 1.807) is 0 Å². The van der Waals surface area contributed by atoms with Crippen molar-refractivity contribution < 1.29 is 27.1 Å². The van der Waals surface area contributed by atoms with Crippen LogP contribution >= 0.6 is 0 Å². The SMILES string of the molecule is N[C@H](c1ccc(F)c(F)c1F)C(F)(F)CO. The van der Waals surface area contributed by atoms with Gasteiger partial charge in [-0.3, -0.25) is 0 Å². The zero-order valence-corrected chi connectivity index (χ0v) is 7.85. The molecular formula is C9H8F5NO. The maximum Gasteiger partial charge on any atom is 0.289 e. The van der Waals surface area contributed by atoms with Crippen LogP contribution in [0.5, 0.6) is 0 Å². The Morgan fingerprint density at radius 3 is 2.25 bits per heavy atom. The van der Waals surface area contributed by atoms with Crippen molar-refractivity contribution in [1.82, 2.24) is 0 Å². The smallest absolute Gasteiger partial charge is 0.289 e. The summed E-state index contributed by atoms with van der Waals surface area (Å²) in [4.78, 5) is 0. The van der Waals surface area contributed by atoms with Crippen molar-refractivity contribution >= 4 is 0 Å². The van der Waals surface area contributed by atoms with Crippen LogP contribution in [0.15, 0.2) is 12.1 Å². The van der Waals surface area contributed by atoms with Gasteiger partial charge in [0.05, 0.1) is 6.04 Å². The van der Waals surface area contributed by atoms with E-state index in [0.29, 0.717) is 12.1 Å². The van der Waals surface area contributed by atoms with Crippen LogP contribution in [-0.2, 0) is 0 Å². The molecule has 0 saturated carbocycles.